The molecule has 2 heterocycles. The van der Waals surface area contributed by atoms with Crippen molar-refractivity contribution in [3.8, 4) is 22.9 Å². The number of alkyl halides is 2. The first-order chi connectivity index (χ1) is 12.2. The maximum absolute atomic E-state index is 12.4. The van der Waals surface area contributed by atoms with Crippen molar-refractivity contribution in [2.24, 2.45) is 5.92 Å². The van der Waals surface area contributed by atoms with Gasteiger partial charge in [0, 0.05) is 12.0 Å². The van der Waals surface area contributed by atoms with Gasteiger partial charge in [0.1, 0.15) is 0 Å². The van der Waals surface area contributed by atoms with E-state index in [0.717, 1.165) is 38.8 Å². The van der Waals surface area contributed by atoms with Crippen molar-refractivity contribution in [1.82, 2.24) is 15.5 Å². The molecule has 0 spiro atoms. The van der Waals surface area contributed by atoms with Crippen LogP contribution in [-0.2, 0) is 6.42 Å². The minimum Gasteiger partial charge on any atom is -0.493 e. The van der Waals surface area contributed by atoms with Gasteiger partial charge >= 0.3 is 6.61 Å². The summed E-state index contributed by atoms with van der Waals surface area (Å²) in [5.41, 5.74) is 0.621. The monoisotopic (exact) mass is 353 g/mol. The second kappa shape index (κ2) is 8.24. The van der Waals surface area contributed by atoms with Crippen LogP contribution >= 0.6 is 0 Å². The van der Waals surface area contributed by atoms with E-state index < -0.39 is 6.61 Å². The molecule has 1 aliphatic heterocycles. The van der Waals surface area contributed by atoms with Crippen molar-refractivity contribution in [3.05, 3.63) is 24.1 Å². The molecular formula is C17H21F2N3O3. The van der Waals surface area contributed by atoms with Crippen LogP contribution in [-0.4, -0.2) is 37.0 Å². The van der Waals surface area contributed by atoms with Crippen LogP contribution in [0.5, 0.6) is 11.5 Å². The first kappa shape index (κ1) is 17.6. The molecule has 1 fully saturated rings. The number of hydrogen-bond donors (Lipinski definition) is 1. The third-order valence-corrected chi connectivity index (χ3v) is 4.26. The van der Waals surface area contributed by atoms with Crippen LogP contribution in [0.2, 0.25) is 0 Å². The van der Waals surface area contributed by atoms with Crippen molar-refractivity contribution in [2.45, 2.75) is 32.3 Å². The predicted octanol–water partition coefficient (Wildman–Crippen LogP) is 3.28. The van der Waals surface area contributed by atoms with Gasteiger partial charge in [0.2, 0.25) is 11.7 Å². The molecule has 3 rings (SSSR count). The van der Waals surface area contributed by atoms with E-state index in [-0.39, 0.29) is 11.5 Å². The molecule has 136 valence electrons. The van der Waals surface area contributed by atoms with E-state index in [1.54, 1.807) is 12.1 Å². The smallest absolute Gasteiger partial charge is 0.387 e. The number of halogens is 2. The van der Waals surface area contributed by atoms with Crippen molar-refractivity contribution >= 4 is 0 Å². The quantitative estimate of drug-likeness (QED) is 0.859. The van der Waals surface area contributed by atoms with Gasteiger partial charge in [-0.2, -0.15) is 13.8 Å². The molecule has 1 unspecified atom stereocenters. The second-order valence-electron chi connectivity index (χ2n) is 6.01. The van der Waals surface area contributed by atoms with Gasteiger partial charge in [-0.25, -0.2) is 0 Å². The summed E-state index contributed by atoms with van der Waals surface area (Å²) < 4.78 is 39.7. The molecule has 1 atom stereocenters. The largest absolute Gasteiger partial charge is 0.493 e. The van der Waals surface area contributed by atoms with Crippen molar-refractivity contribution in [2.75, 3.05) is 20.2 Å². The molecule has 0 aliphatic carbocycles. The molecule has 0 saturated carbocycles. The molecule has 0 amide bonds. The van der Waals surface area contributed by atoms with E-state index in [2.05, 4.69) is 20.2 Å². The van der Waals surface area contributed by atoms with E-state index >= 15 is 0 Å². The summed E-state index contributed by atoms with van der Waals surface area (Å²) in [5, 5.41) is 7.37. The normalized spacial score (nSPS) is 18.2. The highest BCUT2D eigenvalue weighted by Gasteiger charge is 2.18. The SMILES string of the molecule is COc1cc(-c2noc(CC3CCCNCC3)n2)ccc1OC(F)F. The Balaban J connectivity index is 1.72. The van der Waals surface area contributed by atoms with Gasteiger partial charge in [-0.3, -0.25) is 0 Å². The van der Waals surface area contributed by atoms with E-state index in [1.807, 2.05) is 0 Å². The van der Waals surface area contributed by atoms with Crippen molar-refractivity contribution in [1.29, 1.82) is 0 Å². The standard InChI is InChI=1S/C17H21F2N3O3/c1-23-14-10-12(4-5-13(14)24-17(18)19)16-21-15(25-22-16)9-11-3-2-7-20-8-6-11/h4-5,10-11,17,20H,2-3,6-9H2,1H3. The van der Waals surface area contributed by atoms with Crippen LogP contribution in [0.25, 0.3) is 11.4 Å². The average Bonchev–Trinajstić information content (AvgIpc) is 2.90. The average molecular weight is 353 g/mol. The first-order valence-electron chi connectivity index (χ1n) is 8.32. The van der Waals surface area contributed by atoms with Crippen molar-refractivity contribution < 1.29 is 22.8 Å². The number of ether oxygens (including phenoxy) is 2. The minimum absolute atomic E-state index is 0.0316. The van der Waals surface area contributed by atoms with Gasteiger partial charge < -0.3 is 19.3 Å². The van der Waals surface area contributed by atoms with Crippen LogP contribution < -0.4 is 14.8 Å². The lowest BCUT2D eigenvalue weighted by atomic mass is 9.97. The lowest BCUT2D eigenvalue weighted by Gasteiger charge is -2.10. The third kappa shape index (κ3) is 4.66. The number of rotatable bonds is 6. The minimum atomic E-state index is -2.91. The van der Waals surface area contributed by atoms with Crippen LogP contribution in [0.15, 0.2) is 22.7 Å². The Bertz CT molecular complexity index is 686. The molecule has 1 aliphatic rings. The van der Waals surface area contributed by atoms with E-state index in [0.29, 0.717) is 23.2 Å². The fourth-order valence-corrected chi connectivity index (χ4v) is 3.00. The molecule has 6 nitrogen and oxygen atoms in total. The fraction of sp³-hybridized carbons (Fsp3) is 0.529. The molecule has 2 aromatic rings. The number of aromatic nitrogens is 2. The molecule has 1 aromatic carbocycles. The predicted molar refractivity (Wildman–Crippen MR) is 86.8 cm³/mol. The van der Waals surface area contributed by atoms with Gasteiger partial charge in [-0.15, -0.1) is 0 Å². The second-order valence-corrected chi connectivity index (χ2v) is 6.01. The summed E-state index contributed by atoms with van der Waals surface area (Å²) in [7, 11) is 1.39. The highest BCUT2D eigenvalue weighted by Crippen LogP contribution is 2.32. The van der Waals surface area contributed by atoms with E-state index in [9.17, 15) is 8.78 Å². The van der Waals surface area contributed by atoms with Gasteiger partial charge in [0.15, 0.2) is 11.5 Å². The van der Waals surface area contributed by atoms with Gasteiger partial charge in [-0.1, -0.05) is 5.16 Å². The zero-order valence-corrected chi connectivity index (χ0v) is 14.0. The van der Waals surface area contributed by atoms with Crippen LogP contribution in [0.3, 0.4) is 0 Å². The van der Waals surface area contributed by atoms with Crippen molar-refractivity contribution in [3.63, 3.8) is 0 Å². The Morgan fingerprint density at radius 3 is 2.96 bits per heavy atom. The molecule has 8 heteroatoms. The van der Waals surface area contributed by atoms with Gasteiger partial charge in [-0.05, 0) is 56.5 Å². The van der Waals surface area contributed by atoms with Crippen LogP contribution in [0.4, 0.5) is 8.78 Å². The highest BCUT2D eigenvalue weighted by molar-refractivity contribution is 5.60. The zero-order valence-electron chi connectivity index (χ0n) is 14.0. The van der Waals surface area contributed by atoms with E-state index in [1.165, 1.54) is 13.2 Å². The van der Waals surface area contributed by atoms with Crippen LogP contribution in [0.1, 0.15) is 25.2 Å². The first-order valence-corrected chi connectivity index (χ1v) is 8.32. The summed E-state index contributed by atoms with van der Waals surface area (Å²) in [6.07, 6.45) is 4.12. The molecule has 0 radical (unpaired) electrons. The van der Waals surface area contributed by atoms with E-state index in [4.69, 9.17) is 9.26 Å². The maximum atomic E-state index is 12.4. The fourth-order valence-electron chi connectivity index (χ4n) is 3.00. The Hall–Kier alpha value is -2.22. The highest BCUT2D eigenvalue weighted by atomic mass is 19.3. The molecule has 0 bridgehead atoms. The Morgan fingerprint density at radius 2 is 2.16 bits per heavy atom. The zero-order chi connectivity index (χ0) is 17.6. The number of methoxy groups -OCH3 is 1. The maximum Gasteiger partial charge on any atom is 0.387 e. The van der Waals surface area contributed by atoms with Gasteiger partial charge in [0.05, 0.1) is 7.11 Å². The number of nitrogens with zero attached hydrogens (tertiary/aromatic N) is 2. The Labute approximate surface area is 144 Å². The Kier molecular flexibility index (Phi) is 5.80. The number of hydrogen-bond acceptors (Lipinski definition) is 6. The lowest BCUT2D eigenvalue weighted by Crippen LogP contribution is -2.14. The summed E-state index contributed by atoms with van der Waals surface area (Å²) in [5.74, 6) is 1.69. The number of nitrogens with one attached hydrogen (secondary N) is 1. The van der Waals surface area contributed by atoms with Crippen LogP contribution in [0, 0.1) is 5.92 Å². The summed E-state index contributed by atoms with van der Waals surface area (Å²) in [6.45, 7) is -0.849. The number of benzene rings is 1. The molecule has 1 N–H and O–H groups in total. The molecule has 1 aromatic heterocycles. The summed E-state index contributed by atoms with van der Waals surface area (Å²) in [6, 6.07) is 4.57. The third-order valence-electron chi connectivity index (χ3n) is 4.26. The molecular weight excluding hydrogens is 332 g/mol. The molecule has 25 heavy (non-hydrogen) atoms. The topological polar surface area (TPSA) is 69.4 Å². The summed E-state index contributed by atoms with van der Waals surface area (Å²) in [4.78, 5) is 4.43. The Morgan fingerprint density at radius 1 is 1.28 bits per heavy atom. The van der Waals surface area contributed by atoms with Gasteiger partial charge in [0.25, 0.3) is 0 Å². The molecule has 1 saturated heterocycles. The summed E-state index contributed by atoms with van der Waals surface area (Å²) >= 11 is 0. The lowest BCUT2D eigenvalue weighted by molar-refractivity contribution is -0.0512.